The first-order chi connectivity index (χ1) is 9.43. The van der Waals surface area contributed by atoms with Gasteiger partial charge < -0.3 is 4.74 Å². The molecule has 0 amide bonds. The van der Waals surface area contributed by atoms with Crippen molar-refractivity contribution in [1.82, 2.24) is 0 Å². The number of hydrogen-bond acceptors (Lipinski definition) is 1. The van der Waals surface area contributed by atoms with Crippen LogP contribution in [0.3, 0.4) is 0 Å². The van der Waals surface area contributed by atoms with E-state index in [0.29, 0.717) is 21.3 Å². The molecule has 0 heterocycles. The Balaban J connectivity index is 2.43. The maximum absolute atomic E-state index is 13.3. The average molecular weight is 382 g/mol. The predicted molar refractivity (Wildman–Crippen MR) is 79.8 cm³/mol. The molecule has 2 rings (SSSR count). The maximum atomic E-state index is 13.3. The maximum Gasteiger partial charge on any atom is 0.160 e. The fourth-order valence-corrected chi connectivity index (χ4v) is 2.94. The standard InChI is InChI=1S/C14H9BrCl2F2O/c1-20-13-3-2-7(4-9(13)15)14(17)8-5-11(18)12(19)6-10(8)16/h2-6,14H,1H3. The predicted octanol–water partition coefficient (Wildman–Crippen LogP) is 5.72. The van der Waals surface area contributed by atoms with Crippen molar-refractivity contribution in [3.8, 4) is 5.75 Å². The molecule has 0 saturated carbocycles. The molecule has 0 fully saturated rings. The summed E-state index contributed by atoms with van der Waals surface area (Å²) in [7, 11) is 1.55. The van der Waals surface area contributed by atoms with Gasteiger partial charge in [0.1, 0.15) is 5.75 Å². The number of hydrogen-bond donors (Lipinski definition) is 0. The molecule has 0 aliphatic heterocycles. The highest BCUT2D eigenvalue weighted by Gasteiger charge is 2.18. The summed E-state index contributed by atoms with van der Waals surface area (Å²) in [6.07, 6.45) is 0. The summed E-state index contributed by atoms with van der Waals surface area (Å²) in [5, 5.41) is -0.615. The minimum atomic E-state index is -1.00. The number of benzene rings is 2. The second-order valence-electron chi connectivity index (χ2n) is 4.04. The van der Waals surface area contributed by atoms with E-state index in [1.165, 1.54) is 0 Å². The van der Waals surface area contributed by atoms with Crippen LogP contribution < -0.4 is 4.74 Å². The van der Waals surface area contributed by atoms with Gasteiger partial charge in [-0.25, -0.2) is 8.78 Å². The SMILES string of the molecule is COc1ccc(C(Cl)c2cc(F)c(F)cc2Cl)cc1Br. The zero-order chi connectivity index (χ0) is 14.9. The van der Waals surface area contributed by atoms with E-state index < -0.39 is 17.0 Å². The Kier molecular flexibility index (Phi) is 4.89. The smallest absolute Gasteiger partial charge is 0.160 e. The molecule has 0 aliphatic rings. The van der Waals surface area contributed by atoms with Gasteiger partial charge in [0.25, 0.3) is 0 Å². The molecule has 2 aromatic rings. The minimum absolute atomic E-state index is 0.0795. The molecule has 0 bridgehead atoms. The van der Waals surface area contributed by atoms with Crippen LogP contribution >= 0.6 is 39.1 Å². The molecule has 1 atom stereocenters. The average Bonchev–Trinajstić information content (AvgIpc) is 2.42. The van der Waals surface area contributed by atoms with Crippen LogP contribution in [0.2, 0.25) is 5.02 Å². The molecule has 1 nitrogen and oxygen atoms in total. The molecule has 0 spiro atoms. The van der Waals surface area contributed by atoms with E-state index in [-0.39, 0.29) is 5.02 Å². The van der Waals surface area contributed by atoms with Gasteiger partial charge in [0.2, 0.25) is 0 Å². The summed E-state index contributed by atoms with van der Waals surface area (Å²) in [6.45, 7) is 0. The van der Waals surface area contributed by atoms with Crippen molar-refractivity contribution in [1.29, 1.82) is 0 Å². The molecule has 1 unspecified atom stereocenters. The van der Waals surface area contributed by atoms with Crippen molar-refractivity contribution >= 4 is 39.1 Å². The quantitative estimate of drug-likeness (QED) is 0.488. The molecule has 20 heavy (non-hydrogen) atoms. The van der Waals surface area contributed by atoms with Crippen LogP contribution in [-0.2, 0) is 0 Å². The van der Waals surface area contributed by atoms with Gasteiger partial charge in [-0.15, -0.1) is 11.6 Å². The summed E-state index contributed by atoms with van der Waals surface area (Å²) in [4.78, 5) is 0. The van der Waals surface area contributed by atoms with Crippen molar-refractivity contribution in [3.63, 3.8) is 0 Å². The third kappa shape index (κ3) is 3.08. The van der Waals surface area contributed by atoms with E-state index in [0.717, 1.165) is 12.1 Å². The Hall–Kier alpha value is -0.840. The van der Waals surface area contributed by atoms with Crippen molar-refractivity contribution in [2.75, 3.05) is 7.11 Å². The van der Waals surface area contributed by atoms with Crippen molar-refractivity contribution in [2.45, 2.75) is 5.38 Å². The van der Waals surface area contributed by atoms with E-state index in [4.69, 9.17) is 27.9 Å². The Labute approximate surface area is 133 Å². The topological polar surface area (TPSA) is 9.23 Å². The van der Waals surface area contributed by atoms with E-state index in [9.17, 15) is 8.78 Å². The van der Waals surface area contributed by atoms with Crippen molar-refractivity contribution in [3.05, 3.63) is 62.6 Å². The van der Waals surface area contributed by atoms with Gasteiger partial charge in [0, 0.05) is 5.02 Å². The molecule has 106 valence electrons. The number of methoxy groups -OCH3 is 1. The van der Waals surface area contributed by atoms with Crippen LogP contribution in [0.25, 0.3) is 0 Å². The van der Waals surface area contributed by atoms with Gasteiger partial charge in [0.15, 0.2) is 11.6 Å². The molecule has 0 N–H and O–H groups in total. The summed E-state index contributed by atoms with van der Waals surface area (Å²) in [5.41, 5.74) is 0.997. The largest absolute Gasteiger partial charge is 0.496 e. The van der Waals surface area contributed by atoms with Crippen LogP contribution in [0, 0.1) is 11.6 Å². The normalized spacial score (nSPS) is 12.3. The van der Waals surface area contributed by atoms with Crippen LogP contribution in [0.1, 0.15) is 16.5 Å². The summed E-state index contributed by atoms with van der Waals surface area (Å²) in [5.74, 6) is -1.34. The van der Waals surface area contributed by atoms with Crippen LogP contribution in [0.15, 0.2) is 34.8 Å². The molecule has 0 aliphatic carbocycles. The third-order valence-electron chi connectivity index (χ3n) is 2.78. The molecule has 0 saturated heterocycles. The molecular formula is C14H9BrCl2F2O. The highest BCUT2D eigenvalue weighted by atomic mass is 79.9. The van der Waals surface area contributed by atoms with Gasteiger partial charge in [-0.3, -0.25) is 0 Å². The zero-order valence-corrected chi connectivity index (χ0v) is 13.4. The van der Waals surface area contributed by atoms with Crippen molar-refractivity contribution < 1.29 is 13.5 Å². The van der Waals surface area contributed by atoms with Gasteiger partial charge in [-0.1, -0.05) is 17.7 Å². The first kappa shape index (κ1) is 15.5. The number of alkyl halides is 1. The van der Waals surface area contributed by atoms with E-state index in [1.807, 2.05) is 0 Å². The van der Waals surface area contributed by atoms with E-state index in [1.54, 1.807) is 25.3 Å². The lowest BCUT2D eigenvalue weighted by molar-refractivity contribution is 0.412. The van der Waals surface area contributed by atoms with Gasteiger partial charge in [-0.05, 0) is 51.3 Å². The Bertz CT molecular complexity index is 649. The summed E-state index contributed by atoms with van der Waals surface area (Å²) in [6, 6.07) is 7.13. The van der Waals surface area contributed by atoms with Crippen molar-refractivity contribution in [2.24, 2.45) is 0 Å². The van der Waals surface area contributed by atoms with E-state index in [2.05, 4.69) is 15.9 Å². The number of rotatable bonds is 3. The lowest BCUT2D eigenvalue weighted by atomic mass is 10.0. The van der Waals surface area contributed by atoms with Gasteiger partial charge >= 0.3 is 0 Å². The van der Waals surface area contributed by atoms with Crippen LogP contribution in [-0.4, -0.2) is 7.11 Å². The Morgan fingerprint density at radius 2 is 1.80 bits per heavy atom. The van der Waals surface area contributed by atoms with Crippen LogP contribution in [0.4, 0.5) is 8.78 Å². The highest BCUT2D eigenvalue weighted by Crippen LogP contribution is 2.37. The molecular weight excluding hydrogens is 373 g/mol. The Morgan fingerprint density at radius 1 is 1.15 bits per heavy atom. The van der Waals surface area contributed by atoms with Gasteiger partial charge in [0.05, 0.1) is 17.0 Å². The monoisotopic (exact) mass is 380 g/mol. The lowest BCUT2D eigenvalue weighted by Crippen LogP contribution is -1.98. The number of halogens is 5. The van der Waals surface area contributed by atoms with Crippen LogP contribution in [0.5, 0.6) is 5.75 Å². The molecule has 6 heteroatoms. The third-order valence-corrected chi connectivity index (χ3v) is 4.22. The molecule has 0 radical (unpaired) electrons. The summed E-state index contributed by atoms with van der Waals surface area (Å²) >= 11 is 15.6. The second-order valence-corrected chi connectivity index (χ2v) is 5.74. The fraction of sp³-hybridized carbons (Fsp3) is 0.143. The Morgan fingerprint density at radius 3 is 2.40 bits per heavy atom. The zero-order valence-electron chi connectivity index (χ0n) is 10.3. The van der Waals surface area contributed by atoms with Gasteiger partial charge in [-0.2, -0.15) is 0 Å². The summed E-state index contributed by atoms with van der Waals surface area (Å²) < 4.78 is 32.2. The van der Waals surface area contributed by atoms with E-state index >= 15 is 0 Å². The minimum Gasteiger partial charge on any atom is -0.496 e. The number of ether oxygens (including phenoxy) is 1. The highest BCUT2D eigenvalue weighted by molar-refractivity contribution is 9.10. The molecule has 2 aromatic carbocycles. The lowest BCUT2D eigenvalue weighted by Gasteiger charge is -2.14. The first-order valence-corrected chi connectivity index (χ1v) is 7.16. The molecule has 0 aromatic heterocycles. The first-order valence-electron chi connectivity index (χ1n) is 5.56. The fourth-order valence-electron chi connectivity index (χ4n) is 1.75. The second kappa shape index (κ2) is 6.29.